The molecule has 0 aromatic heterocycles. The zero-order valence-electron chi connectivity index (χ0n) is 29.4. The molecular formula is C40H49N3O6Si. The van der Waals surface area contributed by atoms with Gasteiger partial charge >= 0.3 is 0 Å². The number of para-hydroxylation sites is 1. The normalized spacial score (nSPS) is 26.9. The molecule has 2 N–H and O–H groups in total. The smallest absolute Gasteiger partial charge is 0.264 e. The number of fused-ring (bicyclic) bond motifs is 3. The fraction of sp³-hybridized carbons (Fsp3) is 0.475. The van der Waals surface area contributed by atoms with Gasteiger partial charge in [0.1, 0.15) is 0 Å². The first-order chi connectivity index (χ1) is 24.0. The van der Waals surface area contributed by atoms with Crippen LogP contribution >= 0.6 is 0 Å². The summed E-state index contributed by atoms with van der Waals surface area (Å²) in [6.07, 6.45) is 4.50. The van der Waals surface area contributed by atoms with Crippen LogP contribution in [0, 0.1) is 5.92 Å². The third-order valence-corrected chi connectivity index (χ3v) is 14.0. The van der Waals surface area contributed by atoms with Gasteiger partial charge in [-0.1, -0.05) is 74.4 Å². The third kappa shape index (κ3) is 6.10. The molecule has 50 heavy (non-hydrogen) atoms. The monoisotopic (exact) mass is 695 g/mol. The van der Waals surface area contributed by atoms with Gasteiger partial charge in [-0.2, -0.15) is 0 Å². The van der Waals surface area contributed by atoms with Gasteiger partial charge in [0.2, 0.25) is 11.8 Å². The molecule has 2 saturated heterocycles. The first kappa shape index (κ1) is 34.6. The van der Waals surface area contributed by atoms with E-state index in [2.05, 4.69) is 0 Å². The SMILES string of the molecule is C[C@@H]1[C@@H]([Si](C)(C)O)[C@H](CC(=O)N2Cc3ccccc3C[C@H]2CO)O[C@@]12C(=O)N(Cc1cccc(N3CCCCCCC3=O)c1)c1ccccc12. The summed E-state index contributed by atoms with van der Waals surface area (Å²) in [6, 6.07) is 23.3. The first-order valence-corrected chi connectivity index (χ1v) is 21.2. The van der Waals surface area contributed by atoms with Crippen molar-refractivity contribution in [2.75, 3.05) is 23.0 Å². The molecule has 0 unspecified atom stereocenters. The molecule has 3 aromatic carbocycles. The predicted molar refractivity (Wildman–Crippen MR) is 195 cm³/mol. The molecule has 4 aliphatic heterocycles. The fourth-order valence-corrected chi connectivity index (χ4v) is 11.7. The molecule has 5 atom stereocenters. The number of benzene rings is 3. The molecule has 10 heteroatoms. The van der Waals surface area contributed by atoms with Crippen LogP contribution in [-0.2, 0) is 44.2 Å². The lowest BCUT2D eigenvalue weighted by Crippen LogP contribution is -2.48. The van der Waals surface area contributed by atoms with E-state index in [1.54, 1.807) is 9.80 Å². The highest BCUT2D eigenvalue weighted by atomic mass is 28.4. The maximum atomic E-state index is 14.9. The molecule has 9 nitrogen and oxygen atoms in total. The van der Waals surface area contributed by atoms with Gasteiger partial charge in [0.25, 0.3) is 5.91 Å². The Hall–Kier alpha value is -3.83. The van der Waals surface area contributed by atoms with E-state index >= 15 is 0 Å². The number of carbonyl (C=O) groups is 3. The van der Waals surface area contributed by atoms with Crippen molar-refractivity contribution in [3.05, 3.63) is 95.1 Å². The molecule has 1 spiro atoms. The summed E-state index contributed by atoms with van der Waals surface area (Å²) in [5.74, 6) is -0.608. The van der Waals surface area contributed by atoms with Crippen molar-refractivity contribution < 1.29 is 29.0 Å². The highest BCUT2D eigenvalue weighted by Crippen LogP contribution is 2.59. The van der Waals surface area contributed by atoms with E-state index in [0.717, 1.165) is 59.3 Å². The minimum Gasteiger partial charge on any atom is -0.432 e. The third-order valence-electron chi connectivity index (χ3n) is 11.5. The molecule has 3 aromatic rings. The van der Waals surface area contributed by atoms with Crippen molar-refractivity contribution in [1.29, 1.82) is 0 Å². The van der Waals surface area contributed by atoms with Crippen molar-refractivity contribution >= 4 is 37.4 Å². The molecule has 3 amide bonds. The van der Waals surface area contributed by atoms with Gasteiger partial charge in [0.15, 0.2) is 13.9 Å². The maximum Gasteiger partial charge on any atom is 0.264 e. The van der Waals surface area contributed by atoms with E-state index < -0.39 is 31.5 Å². The van der Waals surface area contributed by atoms with Gasteiger partial charge in [0, 0.05) is 42.2 Å². The Bertz CT molecular complexity index is 1780. The summed E-state index contributed by atoms with van der Waals surface area (Å²) in [5.41, 5.74) is 3.71. The average Bonchev–Trinajstić information content (AvgIpc) is 3.52. The molecule has 4 aliphatic rings. The van der Waals surface area contributed by atoms with Gasteiger partial charge in [0.05, 0.1) is 37.4 Å². The van der Waals surface area contributed by atoms with Crippen LogP contribution in [0.2, 0.25) is 18.6 Å². The molecule has 4 heterocycles. The molecule has 0 bridgehead atoms. The number of carbonyl (C=O) groups excluding carboxylic acids is 3. The Morgan fingerprint density at radius 3 is 2.48 bits per heavy atom. The predicted octanol–water partition coefficient (Wildman–Crippen LogP) is 5.66. The van der Waals surface area contributed by atoms with Crippen LogP contribution in [0.15, 0.2) is 72.8 Å². The second-order valence-corrected chi connectivity index (χ2v) is 19.2. The van der Waals surface area contributed by atoms with Crippen LogP contribution in [0.3, 0.4) is 0 Å². The Labute approximate surface area is 296 Å². The van der Waals surface area contributed by atoms with Crippen LogP contribution in [0.4, 0.5) is 11.4 Å². The summed E-state index contributed by atoms with van der Waals surface area (Å²) in [6.45, 7) is 6.95. The number of aliphatic hydroxyl groups excluding tert-OH is 1. The summed E-state index contributed by atoms with van der Waals surface area (Å²) in [7, 11) is -2.98. The van der Waals surface area contributed by atoms with Gasteiger partial charge < -0.3 is 29.3 Å². The van der Waals surface area contributed by atoms with Gasteiger partial charge in [-0.15, -0.1) is 0 Å². The lowest BCUT2D eigenvalue weighted by Gasteiger charge is -2.37. The highest BCUT2D eigenvalue weighted by molar-refractivity contribution is 6.71. The zero-order valence-corrected chi connectivity index (χ0v) is 30.4. The van der Waals surface area contributed by atoms with Crippen molar-refractivity contribution in [2.24, 2.45) is 5.92 Å². The Balaban J connectivity index is 1.18. The second-order valence-electron chi connectivity index (χ2n) is 15.2. The van der Waals surface area contributed by atoms with Crippen LogP contribution in [0.25, 0.3) is 0 Å². The number of nitrogens with zero attached hydrogens (tertiary/aromatic N) is 3. The largest absolute Gasteiger partial charge is 0.432 e. The van der Waals surface area contributed by atoms with Crippen molar-refractivity contribution in [3.8, 4) is 0 Å². The van der Waals surface area contributed by atoms with Crippen molar-refractivity contribution in [3.63, 3.8) is 0 Å². The van der Waals surface area contributed by atoms with Gasteiger partial charge in [-0.05, 0) is 67.2 Å². The maximum absolute atomic E-state index is 14.9. The first-order valence-electron chi connectivity index (χ1n) is 18.2. The summed E-state index contributed by atoms with van der Waals surface area (Å²) < 4.78 is 6.95. The fourth-order valence-electron chi connectivity index (χ4n) is 9.16. The van der Waals surface area contributed by atoms with E-state index in [-0.39, 0.29) is 36.8 Å². The summed E-state index contributed by atoms with van der Waals surface area (Å²) in [4.78, 5) is 59.2. The number of anilines is 2. The van der Waals surface area contributed by atoms with Crippen LogP contribution < -0.4 is 9.80 Å². The molecular weight excluding hydrogens is 647 g/mol. The minimum absolute atomic E-state index is 0.00771. The number of ether oxygens (including phenoxy) is 1. The lowest BCUT2D eigenvalue weighted by atomic mass is 9.82. The van der Waals surface area contributed by atoms with Crippen molar-refractivity contribution in [2.45, 2.75) is 101 Å². The van der Waals surface area contributed by atoms with E-state index in [0.29, 0.717) is 32.5 Å². The summed E-state index contributed by atoms with van der Waals surface area (Å²) in [5, 5.41) is 10.3. The number of hydrogen-bond acceptors (Lipinski definition) is 6. The minimum atomic E-state index is -2.98. The Kier molecular flexibility index (Phi) is 9.49. The van der Waals surface area contributed by atoms with Gasteiger partial charge in [-0.3, -0.25) is 14.4 Å². The zero-order chi connectivity index (χ0) is 35.2. The molecule has 264 valence electrons. The number of amides is 3. The van der Waals surface area contributed by atoms with Crippen molar-refractivity contribution in [1.82, 2.24) is 4.90 Å². The summed E-state index contributed by atoms with van der Waals surface area (Å²) >= 11 is 0. The second kappa shape index (κ2) is 13.7. The van der Waals surface area contributed by atoms with E-state index in [4.69, 9.17) is 4.74 Å². The van der Waals surface area contributed by atoms with E-state index in [9.17, 15) is 24.3 Å². The van der Waals surface area contributed by atoms with Crippen LogP contribution in [-0.4, -0.2) is 66.1 Å². The molecule has 0 aliphatic carbocycles. The Morgan fingerprint density at radius 2 is 1.70 bits per heavy atom. The standard InChI is InChI=1S/C40H49N3O6Si/c1-27-38(50(2,3)48)35(23-37(46)42-25-30-15-8-7-14-29(30)22-32(42)26-44)49-40(27)33-17-9-10-18-34(33)43(39(40)47)24-28-13-12-16-31(21-28)41-20-11-5-4-6-19-36(41)45/h7-10,12-18,21,27,32,35,38,44,48H,4-6,11,19-20,22-26H2,1-3H3/t27-,32+,35+,38-,40+/m1/s1. The topological polar surface area (TPSA) is 111 Å². The molecule has 7 rings (SSSR count). The van der Waals surface area contributed by atoms with Crippen LogP contribution in [0.5, 0.6) is 0 Å². The Morgan fingerprint density at radius 1 is 0.960 bits per heavy atom. The number of hydrogen-bond donors (Lipinski definition) is 2. The number of rotatable bonds is 7. The quantitative estimate of drug-likeness (QED) is 0.309. The average molecular weight is 696 g/mol. The van der Waals surface area contributed by atoms with E-state index in [1.807, 2.05) is 97.7 Å². The molecule has 2 fully saturated rings. The number of aliphatic hydroxyl groups is 1. The van der Waals surface area contributed by atoms with Crippen LogP contribution in [0.1, 0.15) is 67.7 Å². The molecule has 0 radical (unpaired) electrons. The molecule has 0 saturated carbocycles. The lowest BCUT2D eigenvalue weighted by molar-refractivity contribution is -0.151. The van der Waals surface area contributed by atoms with E-state index in [1.165, 1.54) is 0 Å². The highest BCUT2D eigenvalue weighted by Gasteiger charge is 2.66. The van der Waals surface area contributed by atoms with Gasteiger partial charge in [-0.25, -0.2) is 0 Å².